The zero-order valence-electron chi connectivity index (χ0n) is 12.1. The molecule has 0 fully saturated rings. The molecule has 0 amide bonds. The van der Waals surface area contributed by atoms with Crippen LogP contribution < -0.4 is 4.74 Å². The van der Waals surface area contributed by atoms with Gasteiger partial charge in [0, 0.05) is 12.7 Å². The second-order valence-corrected chi connectivity index (χ2v) is 6.16. The molecule has 0 bridgehead atoms. The van der Waals surface area contributed by atoms with Gasteiger partial charge in [0.05, 0.1) is 22.0 Å². The second kappa shape index (κ2) is 7.38. The molecule has 0 atom stereocenters. The highest BCUT2D eigenvalue weighted by Crippen LogP contribution is 2.25. The maximum atomic E-state index is 6.17. The van der Waals surface area contributed by atoms with Crippen molar-refractivity contribution in [1.82, 2.24) is 9.97 Å². The quantitative estimate of drug-likeness (QED) is 0.535. The molecule has 0 aliphatic rings. The van der Waals surface area contributed by atoms with Gasteiger partial charge in [-0.05, 0) is 60.7 Å². The minimum atomic E-state index is 0.146. The van der Waals surface area contributed by atoms with Crippen LogP contribution in [0.15, 0.2) is 24.3 Å². The first-order chi connectivity index (χ1) is 10.0. The Balaban J connectivity index is 2.33. The number of hydrogen-bond acceptors (Lipinski definition) is 4. The van der Waals surface area contributed by atoms with E-state index in [0.717, 1.165) is 20.6 Å². The van der Waals surface area contributed by atoms with Crippen LogP contribution in [0.1, 0.15) is 19.5 Å². The summed E-state index contributed by atoms with van der Waals surface area (Å²) < 4.78 is 11.6. The van der Waals surface area contributed by atoms with Crippen molar-refractivity contribution in [3.8, 4) is 17.1 Å². The first-order valence-corrected chi connectivity index (χ1v) is 7.95. The van der Waals surface area contributed by atoms with Gasteiger partial charge < -0.3 is 9.47 Å². The molecule has 6 heteroatoms. The van der Waals surface area contributed by atoms with E-state index in [-0.39, 0.29) is 6.10 Å². The van der Waals surface area contributed by atoms with Crippen molar-refractivity contribution in [2.45, 2.75) is 26.6 Å². The lowest BCUT2D eigenvalue weighted by atomic mass is 10.2. The Hall–Kier alpha value is -0.920. The van der Waals surface area contributed by atoms with Gasteiger partial charge in [-0.3, -0.25) is 0 Å². The van der Waals surface area contributed by atoms with Gasteiger partial charge >= 0.3 is 0 Å². The van der Waals surface area contributed by atoms with Crippen LogP contribution in [0.2, 0.25) is 5.15 Å². The van der Waals surface area contributed by atoms with E-state index in [2.05, 4.69) is 32.6 Å². The molecule has 1 heterocycles. The van der Waals surface area contributed by atoms with Gasteiger partial charge in [0.15, 0.2) is 5.82 Å². The van der Waals surface area contributed by atoms with Gasteiger partial charge in [0.25, 0.3) is 0 Å². The zero-order valence-corrected chi connectivity index (χ0v) is 15.0. The lowest BCUT2D eigenvalue weighted by Crippen LogP contribution is -2.05. The number of rotatable bonds is 5. The lowest BCUT2D eigenvalue weighted by molar-refractivity contribution is 0.181. The predicted molar refractivity (Wildman–Crippen MR) is 91.7 cm³/mol. The van der Waals surface area contributed by atoms with Crippen molar-refractivity contribution in [2.75, 3.05) is 7.11 Å². The van der Waals surface area contributed by atoms with Crippen LogP contribution in [0.5, 0.6) is 5.75 Å². The third kappa shape index (κ3) is 4.28. The minimum absolute atomic E-state index is 0.146. The first-order valence-electron chi connectivity index (χ1n) is 6.49. The number of nitrogens with zero attached hydrogens (tertiary/aromatic N) is 2. The van der Waals surface area contributed by atoms with E-state index >= 15 is 0 Å². The van der Waals surface area contributed by atoms with E-state index in [1.807, 2.05) is 38.1 Å². The number of benzene rings is 1. The van der Waals surface area contributed by atoms with Crippen molar-refractivity contribution in [3.63, 3.8) is 0 Å². The summed E-state index contributed by atoms with van der Waals surface area (Å²) in [6.07, 6.45) is 0.146. The third-order valence-corrected chi connectivity index (χ3v) is 4.37. The molecule has 2 rings (SSSR count). The highest BCUT2D eigenvalue weighted by Gasteiger charge is 2.12. The summed E-state index contributed by atoms with van der Waals surface area (Å²) in [4.78, 5) is 8.84. The number of methoxy groups -OCH3 is 1. The average Bonchev–Trinajstić information content (AvgIpc) is 2.44. The summed E-state index contributed by atoms with van der Waals surface area (Å²) >= 11 is 8.29. The molecule has 0 aliphatic carbocycles. The number of halogens is 2. The van der Waals surface area contributed by atoms with E-state index in [0.29, 0.717) is 17.6 Å². The smallest absolute Gasteiger partial charge is 0.161 e. The topological polar surface area (TPSA) is 44.2 Å². The maximum absolute atomic E-state index is 6.17. The molecule has 0 saturated heterocycles. The molecule has 0 aliphatic heterocycles. The van der Waals surface area contributed by atoms with Crippen LogP contribution >= 0.6 is 34.2 Å². The van der Waals surface area contributed by atoms with Gasteiger partial charge in [0.2, 0.25) is 0 Å². The molecule has 0 saturated carbocycles. The summed E-state index contributed by atoms with van der Waals surface area (Å²) in [7, 11) is 1.63. The normalized spacial score (nSPS) is 11.0. The fourth-order valence-corrected chi connectivity index (χ4v) is 2.37. The van der Waals surface area contributed by atoms with Crippen molar-refractivity contribution >= 4 is 34.2 Å². The van der Waals surface area contributed by atoms with Gasteiger partial charge in [0.1, 0.15) is 10.9 Å². The number of aromatic nitrogens is 2. The van der Waals surface area contributed by atoms with Crippen LogP contribution in [0.4, 0.5) is 0 Å². The van der Waals surface area contributed by atoms with E-state index in [1.165, 1.54) is 0 Å². The summed E-state index contributed by atoms with van der Waals surface area (Å²) in [6.45, 7) is 4.39. The lowest BCUT2D eigenvalue weighted by Gasteiger charge is -2.11. The van der Waals surface area contributed by atoms with E-state index in [4.69, 9.17) is 21.1 Å². The predicted octanol–water partition coefficient (Wildman–Crippen LogP) is 4.34. The molecule has 21 heavy (non-hydrogen) atoms. The summed E-state index contributed by atoms with van der Waals surface area (Å²) in [5.41, 5.74) is 1.68. The van der Waals surface area contributed by atoms with Gasteiger partial charge in [-0.2, -0.15) is 0 Å². The molecule has 1 aromatic carbocycles. The Labute approximate surface area is 143 Å². The Morgan fingerprint density at radius 1 is 1.19 bits per heavy atom. The zero-order chi connectivity index (χ0) is 15.4. The van der Waals surface area contributed by atoms with Gasteiger partial charge in [-0.15, -0.1) is 0 Å². The van der Waals surface area contributed by atoms with Crippen molar-refractivity contribution in [2.24, 2.45) is 0 Å². The largest absolute Gasteiger partial charge is 0.491 e. The van der Waals surface area contributed by atoms with E-state index < -0.39 is 0 Å². The molecule has 112 valence electrons. The van der Waals surface area contributed by atoms with Crippen LogP contribution in [-0.2, 0) is 11.3 Å². The molecule has 0 N–H and O–H groups in total. The average molecular weight is 419 g/mol. The molecular formula is C15H16ClIN2O2. The van der Waals surface area contributed by atoms with Gasteiger partial charge in [-0.1, -0.05) is 11.6 Å². The molecule has 1 aromatic heterocycles. The Bertz CT molecular complexity index is 618. The monoisotopic (exact) mass is 418 g/mol. The summed E-state index contributed by atoms with van der Waals surface area (Å²) in [5.74, 6) is 1.41. The molecule has 0 unspecified atom stereocenters. The first kappa shape index (κ1) is 16.5. The van der Waals surface area contributed by atoms with Crippen LogP contribution in [0.25, 0.3) is 11.4 Å². The highest BCUT2D eigenvalue weighted by molar-refractivity contribution is 14.1. The summed E-state index contributed by atoms with van der Waals surface area (Å²) in [5, 5.41) is 0.440. The Kier molecular flexibility index (Phi) is 5.78. The van der Waals surface area contributed by atoms with Crippen LogP contribution in [0.3, 0.4) is 0 Å². The molecule has 0 spiro atoms. The number of hydrogen-bond donors (Lipinski definition) is 0. The van der Waals surface area contributed by atoms with Crippen LogP contribution in [-0.4, -0.2) is 23.2 Å². The van der Waals surface area contributed by atoms with Crippen molar-refractivity contribution in [3.05, 3.63) is 38.7 Å². The Morgan fingerprint density at radius 2 is 1.86 bits per heavy atom. The van der Waals surface area contributed by atoms with Crippen LogP contribution in [0, 0.1) is 3.57 Å². The van der Waals surface area contributed by atoms with E-state index in [1.54, 1.807) is 7.11 Å². The van der Waals surface area contributed by atoms with E-state index in [9.17, 15) is 0 Å². The van der Waals surface area contributed by atoms with Gasteiger partial charge in [-0.25, -0.2) is 9.97 Å². The highest BCUT2D eigenvalue weighted by atomic mass is 127. The second-order valence-electron chi connectivity index (χ2n) is 4.72. The molecule has 4 nitrogen and oxygen atoms in total. The molecule has 2 aromatic rings. The maximum Gasteiger partial charge on any atom is 0.161 e. The summed E-state index contributed by atoms with van der Waals surface area (Å²) in [6, 6.07) is 7.65. The standard InChI is InChI=1S/C15H16ClIN2O2/c1-9(2)21-11-6-4-10(5-7-11)15-18-12(8-20-3)13(17)14(16)19-15/h4-7,9H,8H2,1-3H3. The minimum Gasteiger partial charge on any atom is -0.491 e. The third-order valence-electron chi connectivity index (χ3n) is 2.64. The Morgan fingerprint density at radius 3 is 2.43 bits per heavy atom. The SMILES string of the molecule is COCc1nc(-c2ccc(OC(C)C)cc2)nc(Cl)c1I. The fraction of sp³-hybridized carbons (Fsp3) is 0.333. The van der Waals surface area contributed by atoms with Crippen molar-refractivity contribution < 1.29 is 9.47 Å². The fourth-order valence-electron chi connectivity index (χ4n) is 1.78. The number of ether oxygens (including phenoxy) is 2. The van der Waals surface area contributed by atoms with Crippen molar-refractivity contribution in [1.29, 1.82) is 0 Å². The molecule has 0 radical (unpaired) electrons. The molecular weight excluding hydrogens is 403 g/mol.